The Hall–Kier alpha value is -2.93. The van der Waals surface area contributed by atoms with E-state index in [1.165, 1.54) is 43.7 Å². The van der Waals surface area contributed by atoms with Gasteiger partial charge in [0.1, 0.15) is 28.9 Å². The fourth-order valence-corrected chi connectivity index (χ4v) is 9.04. The predicted octanol–water partition coefficient (Wildman–Crippen LogP) is 4.58. The Morgan fingerprint density at radius 2 is 1.19 bits per heavy atom. The molecule has 190 valence electrons. The van der Waals surface area contributed by atoms with E-state index in [0.717, 1.165) is 11.9 Å². The van der Waals surface area contributed by atoms with Crippen molar-refractivity contribution in [3.05, 3.63) is 137 Å². The van der Waals surface area contributed by atoms with Gasteiger partial charge in [0.2, 0.25) is 0 Å². The van der Waals surface area contributed by atoms with E-state index in [4.69, 9.17) is 4.74 Å². The Bertz CT molecular complexity index is 1260. The molecule has 0 bridgehead atoms. The molecule has 0 aliphatic heterocycles. The van der Waals surface area contributed by atoms with Crippen LogP contribution < -0.4 is 37.6 Å². The van der Waals surface area contributed by atoms with Gasteiger partial charge in [-0.15, -0.1) is 0 Å². The summed E-state index contributed by atoms with van der Waals surface area (Å²) in [6.45, 7) is 8.68. The van der Waals surface area contributed by atoms with Crippen molar-refractivity contribution in [1.29, 1.82) is 0 Å². The maximum Gasteiger partial charge on any atom is 0.122 e. The van der Waals surface area contributed by atoms with Crippen molar-refractivity contribution in [3.8, 4) is 5.75 Å². The lowest BCUT2D eigenvalue weighted by molar-refractivity contribution is -0.00000757. The zero-order valence-corrected chi connectivity index (χ0v) is 24.9. The molecule has 4 aromatic carbocycles. The Kier molecular flexibility index (Phi) is 10.1. The molecule has 0 saturated heterocycles. The highest BCUT2D eigenvalue weighted by atomic mass is 79.9. The number of benzene rings is 4. The maximum absolute atomic E-state index is 5.56. The van der Waals surface area contributed by atoms with Gasteiger partial charge in [-0.1, -0.05) is 72.3 Å². The fourth-order valence-electron chi connectivity index (χ4n) is 4.91. The first-order chi connectivity index (χ1) is 17.5. The summed E-state index contributed by atoms with van der Waals surface area (Å²) in [4.78, 5) is 0. The molecule has 0 radical (unpaired) electrons. The molecule has 1 nitrogen and oxygen atoms in total. The predicted molar refractivity (Wildman–Crippen MR) is 160 cm³/mol. The van der Waals surface area contributed by atoms with Crippen LogP contribution in [0.2, 0.25) is 0 Å². The van der Waals surface area contributed by atoms with Gasteiger partial charge in [0.25, 0.3) is 0 Å². The average molecular weight is 572 g/mol. The molecule has 0 amide bonds. The van der Waals surface area contributed by atoms with Crippen LogP contribution in [0.5, 0.6) is 5.75 Å². The molecule has 0 aliphatic rings. The highest BCUT2D eigenvalue weighted by molar-refractivity contribution is 7.95. The number of hydrogen-bond acceptors (Lipinski definition) is 1. The molecule has 0 aromatic heterocycles. The van der Waals surface area contributed by atoms with Gasteiger partial charge in [0, 0.05) is 0 Å². The molecule has 0 aliphatic carbocycles. The molecule has 37 heavy (non-hydrogen) atoms. The van der Waals surface area contributed by atoms with Crippen LogP contribution in [-0.4, -0.2) is 13.3 Å². The lowest BCUT2D eigenvalue weighted by Crippen LogP contribution is -3.00. The summed E-state index contributed by atoms with van der Waals surface area (Å²) in [5.41, 5.74) is 6.26. The van der Waals surface area contributed by atoms with Crippen molar-refractivity contribution in [2.75, 3.05) is 13.3 Å². The van der Waals surface area contributed by atoms with E-state index in [1.54, 1.807) is 7.11 Å². The SMILES string of the molecule is COc1cc(C)c(/C=C/C(C)=CC[P+](c2ccccc2)(c2ccccc2)c2ccccc2)c(C)c1C.[Br-]. The Morgan fingerprint density at radius 3 is 1.62 bits per heavy atom. The smallest absolute Gasteiger partial charge is 0.122 e. The Morgan fingerprint density at radius 1 is 0.730 bits per heavy atom. The fraction of sp³-hybridized carbons (Fsp3) is 0.176. The van der Waals surface area contributed by atoms with Crippen LogP contribution in [0.15, 0.2) is 115 Å². The monoisotopic (exact) mass is 570 g/mol. The highest BCUT2D eigenvalue weighted by Crippen LogP contribution is 2.55. The molecular weight excluding hydrogens is 535 g/mol. The van der Waals surface area contributed by atoms with Gasteiger partial charge >= 0.3 is 0 Å². The second-order valence-corrected chi connectivity index (χ2v) is 12.9. The number of allylic oxidation sites excluding steroid dienone is 3. The van der Waals surface area contributed by atoms with E-state index in [0.29, 0.717) is 0 Å². The standard InChI is InChI=1S/C34H36OP.BrH/c1-26(21-22-33-27(2)25-34(35-5)29(4)28(33)3)23-24-36(30-15-9-6-10-16-30,31-17-11-7-12-18-31)32-19-13-8-14-20-32;/h6-23,25H,24H2,1-5H3;1H/q+1;/p-1/b22-21+,26-23?;. The third kappa shape index (κ3) is 6.15. The van der Waals surface area contributed by atoms with Gasteiger partial charge in [-0.3, -0.25) is 0 Å². The van der Waals surface area contributed by atoms with Crippen molar-refractivity contribution in [2.24, 2.45) is 0 Å². The van der Waals surface area contributed by atoms with E-state index in [9.17, 15) is 0 Å². The normalized spacial score (nSPS) is 11.9. The summed E-state index contributed by atoms with van der Waals surface area (Å²) < 4.78 is 5.56. The summed E-state index contributed by atoms with van der Waals surface area (Å²) in [5, 5.41) is 4.23. The zero-order chi connectivity index (χ0) is 25.5. The summed E-state index contributed by atoms with van der Waals surface area (Å²) in [6, 6.07) is 35.3. The maximum atomic E-state index is 5.56. The minimum absolute atomic E-state index is 0. The lowest BCUT2D eigenvalue weighted by Gasteiger charge is -2.26. The summed E-state index contributed by atoms with van der Waals surface area (Å²) in [6.07, 6.45) is 7.92. The van der Waals surface area contributed by atoms with Gasteiger partial charge in [-0.05, 0) is 98.5 Å². The summed E-state index contributed by atoms with van der Waals surface area (Å²) in [5.74, 6) is 0.956. The van der Waals surface area contributed by atoms with Crippen LogP contribution in [0.4, 0.5) is 0 Å². The van der Waals surface area contributed by atoms with Crippen molar-refractivity contribution in [3.63, 3.8) is 0 Å². The summed E-state index contributed by atoms with van der Waals surface area (Å²) >= 11 is 0. The van der Waals surface area contributed by atoms with E-state index in [-0.39, 0.29) is 17.0 Å². The van der Waals surface area contributed by atoms with Gasteiger partial charge in [-0.25, -0.2) is 0 Å². The van der Waals surface area contributed by atoms with E-state index >= 15 is 0 Å². The first kappa shape index (κ1) is 28.6. The molecule has 0 atom stereocenters. The van der Waals surface area contributed by atoms with Gasteiger partial charge in [-0.2, -0.15) is 0 Å². The van der Waals surface area contributed by atoms with Crippen molar-refractivity contribution in [2.45, 2.75) is 27.7 Å². The van der Waals surface area contributed by atoms with E-state index in [2.05, 4.69) is 143 Å². The molecule has 3 heteroatoms. The number of hydrogen-bond donors (Lipinski definition) is 0. The quantitative estimate of drug-likeness (QED) is 0.222. The first-order valence-electron chi connectivity index (χ1n) is 12.5. The molecule has 0 spiro atoms. The van der Waals surface area contributed by atoms with Gasteiger partial charge in [0.15, 0.2) is 0 Å². The minimum Gasteiger partial charge on any atom is -1.00 e. The molecule has 0 heterocycles. The first-order valence-corrected chi connectivity index (χ1v) is 14.5. The molecule has 0 N–H and O–H groups in total. The second-order valence-electron chi connectivity index (χ2n) is 9.34. The Labute approximate surface area is 234 Å². The number of methoxy groups -OCH3 is 1. The molecule has 0 fully saturated rings. The van der Waals surface area contributed by atoms with Crippen molar-refractivity contribution < 1.29 is 21.7 Å². The third-order valence-electron chi connectivity index (χ3n) is 7.12. The molecular formula is C34H36BrOP. The largest absolute Gasteiger partial charge is 1.00 e. The highest BCUT2D eigenvalue weighted by Gasteiger charge is 2.44. The lowest BCUT2D eigenvalue weighted by atomic mass is 9.96. The van der Waals surface area contributed by atoms with Crippen LogP contribution in [0.3, 0.4) is 0 Å². The number of rotatable bonds is 8. The van der Waals surface area contributed by atoms with Crippen LogP contribution in [0, 0.1) is 20.8 Å². The number of ether oxygens (including phenoxy) is 1. The van der Waals surface area contributed by atoms with Gasteiger partial charge < -0.3 is 21.7 Å². The van der Waals surface area contributed by atoms with E-state index in [1.807, 2.05) is 0 Å². The summed E-state index contributed by atoms with van der Waals surface area (Å²) in [7, 11) is -0.126. The zero-order valence-electron chi connectivity index (χ0n) is 22.4. The van der Waals surface area contributed by atoms with Crippen LogP contribution in [0.25, 0.3) is 6.08 Å². The van der Waals surface area contributed by atoms with Crippen molar-refractivity contribution in [1.82, 2.24) is 0 Å². The molecule has 4 aromatic rings. The van der Waals surface area contributed by atoms with Crippen LogP contribution in [-0.2, 0) is 0 Å². The molecule has 0 unspecified atom stereocenters. The van der Waals surface area contributed by atoms with Crippen LogP contribution >= 0.6 is 7.26 Å². The second kappa shape index (κ2) is 13.0. The number of halogens is 1. The number of aryl methyl sites for hydroxylation is 1. The topological polar surface area (TPSA) is 9.23 Å². The van der Waals surface area contributed by atoms with E-state index < -0.39 is 7.26 Å². The third-order valence-corrected chi connectivity index (χ3v) is 11.4. The van der Waals surface area contributed by atoms with Crippen molar-refractivity contribution >= 4 is 29.3 Å². The molecule has 0 saturated carbocycles. The molecule has 4 rings (SSSR count). The van der Waals surface area contributed by atoms with Gasteiger partial charge in [0.05, 0.1) is 13.3 Å². The average Bonchev–Trinajstić information content (AvgIpc) is 2.93. The Balaban J connectivity index is 0.00000380. The minimum atomic E-state index is -1.87. The van der Waals surface area contributed by atoms with Crippen LogP contribution in [0.1, 0.15) is 29.2 Å².